The van der Waals surface area contributed by atoms with Crippen molar-refractivity contribution in [2.45, 2.75) is 17.6 Å². The molecule has 0 unspecified atom stereocenters. The molecule has 228 valence electrons. The van der Waals surface area contributed by atoms with Crippen molar-refractivity contribution in [1.29, 1.82) is 0 Å². The summed E-state index contributed by atoms with van der Waals surface area (Å²) in [5.41, 5.74) is 3.16. The van der Waals surface area contributed by atoms with Crippen LogP contribution < -0.4 is 4.90 Å². The van der Waals surface area contributed by atoms with Crippen molar-refractivity contribution in [3.63, 3.8) is 0 Å². The van der Waals surface area contributed by atoms with Gasteiger partial charge in [0, 0.05) is 49.5 Å². The highest BCUT2D eigenvalue weighted by molar-refractivity contribution is 7.90. The first-order chi connectivity index (χ1) is 21.0. The second-order valence-electron chi connectivity index (χ2n) is 10.7. The number of anilines is 1. The highest BCUT2D eigenvalue weighted by Gasteiger charge is 2.31. The van der Waals surface area contributed by atoms with Gasteiger partial charge in [-0.25, -0.2) is 13.1 Å². The molecule has 1 saturated heterocycles. The molecule has 6 nitrogen and oxygen atoms in total. The molecule has 3 heterocycles. The zero-order valence-electron chi connectivity index (χ0n) is 23.6. The van der Waals surface area contributed by atoms with Crippen LogP contribution in [0.15, 0.2) is 95.9 Å². The molecule has 1 aliphatic heterocycles. The van der Waals surface area contributed by atoms with E-state index in [2.05, 4.69) is 4.90 Å². The predicted molar refractivity (Wildman–Crippen MR) is 169 cm³/mol. The lowest BCUT2D eigenvalue weighted by atomic mass is 10.1. The Labute approximate surface area is 262 Å². The smallest absolute Gasteiger partial charge is 0.369 e. The Hall–Kier alpha value is -3.64. The van der Waals surface area contributed by atoms with Gasteiger partial charge < -0.3 is 4.90 Å². The van der Waals surface area contributed by atoms with Crippen LogP contribution in [0.4, 0.5) is 18.9 Å². The van der Waals surface area contributed by atoms with Crippen LogP contribution >= 0.6 is 22.9 Å². The lowest BCUT2D eigenvalue weighted by Gasteiger charge is -2.36. The number of thiophene rings is 1. The van der Waals surface area contributed by atoms with Gasteiger partial charge in [-0.1, -0.05) is 41.9 Å². The van der Waals surface area contributed by atoms with Gasteiger partial charge in [-0.15, -0.1) is 11.3 Å². The summed E-state index contributed by atoms with van der Waals surface area (Å²) in [4.78, 5) is 6.35. The number of sulfone groups is 1. The fraction of sp³-hybridized carbons (Fsp3) is 0.219. The first-order valence-electron chi connectivity index (χ1n) is 13.8. The van der Waals surface area contributed by atoms with E-state index in [4.69, 9.17) is 16.7 Å². The Bertz CT molecular complexity index is 1910. The molecular formula is C32H28ClF3N4O2S2. The number of rotatable bonds is 7. The van der Waals surface area contributed by atoms with E-state index in [-0.39, 0.29) is 4.90 Å². The van der Waals surface area contributed by atoms with E-state index in [1.807, 2.05) is 58.1 Å². The van der Waals surface area contributed by atoms with E-state index in [9.17, 15) is 21.6 Å². The molecule has 0 saturated carbocycles. The third-order valence-corrected chi connectivity index (χ3v) is 10.1. The van der Waals surface area contributed by atoms with Crippen LogP contribution in [-0.2, 0) is 22.6 Å². The average molecular weight is 657 g/mol. The number of halogens is 4. The predicted octanol–water partition coefficient (Wildman–Crippen LogP) is 7.67. The van der Waals surface area contributed by atoms with E-state index >= 15 is 0 Å². The lowest BCUT2D eigenvalue weighted by Crippen LogP contribution is -2.46. The van der Waals surface area contributed by atoms with Crippen LogP contribution in [0.5, 0.6) is 0 Å². The maximum Gasteiger partial charge on any atom is 0.416 e. The monoisotopic (exact) mass is 656 g/mol. The van der Waals surface area contributed by atoms with Gasteiger partial charge in [0.15, 0.2) is 9.84 Å². The van der Waals surface area contributed by atoms with Gasteiger partial charge in [0.1, 0.15) is 0 Å². The maximum atomic E-state index is 13.2. The standard InChI is InChI=1S/C32H28ClF3N4O2S2/c1-44(41,42)26-9-4-6-22(18-26)30-12-13-31(43-30)29-20-24(37-40(29)28-11-3-2-10-27(28)33)21-38-14-16-39(17-15-38)25-8-5-7-23(19-25)32(34,35)36/h2-13,18-20H,14-17,21H2,1H3. The van der Waals surface area contributed by atoms with Gasteiger partial charge in [0.2, 0.25) is 0 Å². The van der Waals surface area contributed by atoms with Crippen molar-refractivity contribution in [1.82, 2.24) is 14.7 Å². The first-order valence-corrected chi connectivity index (χ1v) is 16.9. The third-order valence-electron chi connectivity index (χ3n) is 7.54. The summed E-state index contributed by atoms with van der Waals surface area (Å²) < 4.78 is 65.7. The molecule has 0 atom stereocenters. The normalized spacial score (nSPS) is 14.7. The molecule has 12 heteroatoms. The molecule has 44 heavy (non-hydrogen) atoms. The summed E-state index contributed by atoms with van der Waals surface area (Å²) in [6.07, 6.45) is -3.18. The molecule has 0 spiro atoms. The zero-order valence-corrected chi connectivity index (χ0v) is 26.0. The number of piperazine rings is 1. The van der Waals surface area contributed by atoms with Gasteiger partial charge >= 0.3 is 6.18 Å². The molecule has 0 radical (unpaired) electrons. The van der Waals surface area contributed by atoms with Gasteiger partial charge in [0.25, 0.3) is 0 Å². The second-order valence-corrected chi connectivity index (χ2v) is 14.2. The quantitative estimate of drug-likeness (QED) is 0.180. The summed E-state index contributed by atoms with van der Waals surface area (Å²) in [6, 6.07) is 25.8. The first kappa shape index (κ1) is 30.4. The van der Waals surface area contributed by atoms with E-state index in [0.717, 1.165) is 38.5 Å². The summed E-state index contributed by atoms with van der Waals surface area (Å²) >= 11 is 8.13. The van der Waals surface area contributed by atoms with Crippen molar-refractivity contribution < 1.29 is 21.6 Å². The van der Waals surface area contributed by atoms with E-state index in [1.165, 1.54) is 29.7 Å². The van der Waals surface area contributed by atoms with Crippen LogP contribution in [0.25, 0.3) is 26.7 Å². The maximum absolute atomic E-state index is 13.2. The van der Waals surface area contributed by atoms with Crippen LogP contribution in [0, 0.1) is 0 Å². The Morgan fingerprint density at radius 3 is 2.32 bits per heavy atom. The Balaban J connectivity index is 1.25. The van der Waals surface area contributed by atoms with Crippen molar-refractivity contribution in [2.75, 3.05) is 37.3 Å². The molecular weight excluding hydrogens is 629 g/mol. The Kier molecular flexibility index (Phi) is 8.31. The molecule has 6 rings (SSSR count). The van der Waals surface area contributed by atoms with E-state index < -0.39 is 21.6 Å². The lowest BCUT2D eigenvalue weighted by molar-refractivity contribution is -0.137. The minimum absolute atomic E-state index is 0.265. The molecule has 0 bridgehead atoms. The second kappa shape index (κ2) is 12.0. The number of alkyl halides is 3. The molecule has 0 amide bonds. The summed E-state index contributed by atoms with van der Waals surface area (Å²) in [6.45, 7) is 3.10. The highest BCUT2D eigenvalue weighted by atomic mass is 35.5. The minimum atomic E-state index is -4.38. The summed E-state index contributed by atoms with van der Waals surface area (Å²) in [5, 5.41) is 5.49. The summed E-state index contributed by atoms with van der Waals surface area (Å²) in [5.74, 6) is 0. The number of para-hydroxylation sites is 1. The Morgan fingerprint density at radius 2 is 1.59 bits per heavy atom. The molecule has 0 aliphatic carbocycles. The van der Waals surface area contributed by atoms with E-state index in [0.29, 0.717) is 43.4 Å². The highest BCUT2D eigenvalue weighted by Crippen LogP contribution is 2.38. The van der Waals surface area contributed by atoms with Crippen LogP contribution in [0.1, 0.15) is 11.3 Å². The van der Waals surface area contributed by atoms with Gasteiger partial charge in [-0.2, -0.15) is 18.3 Å². The van der Waals surface area contributed by atoms with Crippen molar-refractivity contribution in [2.24, 2.45) is 0 Å². The largest absolute Gasteiger partial charge is 0.416 e. The molecule has 0 N–H and O–H groups in total. The SMILES string of the molecule is CS(=O)(=O)c1cccc(-c2ccc(-c3cc(CN4CCN(c5cccc(C(F)(F)F)c5)CC4)nn3-c3ccccc3Cl)s2)c1. The van der Waals surface area contributed by atoms with Gasteiger partial charge in [0.05, 0.1) is 37.4 Å². The molecule has 2 aromatic heterocycles. The molecule has 1 fully saturated rings. The van der Waals surface area contributed by atoms with Crippen molar-refractivity contribution in [3.05, 3.63) is 107 Å². The van der Waals surface area contributed by atoms with Crippen molar-refractivity contribution in [3.8, 4) is 26.7 Å². The summed E-state index contributed by atoms with van der Waals surface area (Å²) in [7, 11) is -3.34. The van der Waals surface area contributed by atoms with Crippen LogP contribution in [0.2, 0.25) is 5.02 Å². The number of hydrogen-bond donors (Lipinski definition) is 0. The average Bonchev–Trinajstić information content (AvgIpc) is 3.65. The van der Waals surface area contributed by atoms with Crippen molar-refractivity contribution >= 4 is 38.5 Å². The molecule has 5 aromatic rings. The fourth-order valence-corrected chi connectivity index (χ4v) is 7.16. The molecule has 3 aromatic carbocycles. The topological polar surface area (TPSA) is 58.4 Å². The van der Waals surface area contributed by atoms with E-state index in [1.54, 1.807) is 24.3 Å². The third kappa shape index (κ3) is 6.56. The molecule has 1 aliphatic rings. The fourth-order valence-electron chi connectivity index (χ4n) is 5.27. The Morgan fingerprint density at radius 1 is 0.864 bits per heavy atom. The number of benzene rings is 3. The number of nitrogens with zero attached hydrogens (tertiary/aromatic N) is 4. The van der Waals surface area contributed by atoms with Crippen LogP contribution in [-0.4, -0.2) is 55.5 Å². The number of hydrogen-bond acceptors (Lipinski definition) is 6. The van der Waals surface area contributed by atoms with Gasteiger partial charge in [-0.3, -0.25) is 4.90 Å². The zero-order chi connectivity index (χ0) is 31.1. The van der Waals surface area contributed by atoms with Crippen LogP contribution in [0.3, 0.4) is 0 Å². The number of aromatic nitrogens is 2. The van der Waals surface area contributed by atoms with Gasteiger partial charge in [-0.05, 0) is 66.2 Å². The minimum Gasteiger partial charge on any atom is -0.369 e.